The molecule has 0 fully saturated rings. The minimum absolute atomic E-state index is 0.116. The molecule has 0 saturated heterocycles. The molecule has 0 spiro atoms. The van der Waals surface area contributed by atoms with E-state index in [1.807, 2.05) is 6.92 Å². The Morgan fingerprint density at radius 2 is 1.70 bits per heavy atom. The molecule has 106 valence electrons. The SMILES string of the molecule is COc1cc(OS(=O)(=O)c2ccc(C)cc2)ccc1Br. The van der Waals surface area contributed by atoms with E-state index < -0.39 is 10.1 Å². The molecule has 0 heterocycles. The number of rotatable bonds is 4. The number of benzene rings is 2. The molecule has 0 N–H and O–H groups in total. The molecule has 2 aromatic rings. The molecule has 4 nitrogen and oxygen atoms in total. The van der Waals surface area contributed by atoms with Gasteiger partial charge in [0.15, 0.2) is 0 Å². The number of methoxy groups -OCH3 is 1. The lowest BCUT2D eigenvalue weighted by Crippen LogP contribution is -2.09. The number of hydrogen-bond acceptors (Lipinski definition) is 4. The Morgan fingerprint density at radius 1 is 1.05 bits per heavy atom. The first-order valence-electron chi connectivity index (χ1n) is 5.77. The third kappa shape index (κ3) is 3.32. The second-order valence-electron chi connectivity index (χ2n) is 4.15. The van der Waals surface area contributed by atoms with Gasteiger partial charge in [0.25, 0.3) is 0 Å². The first kappa shape index (κ1) is 14.9. The van der Waals surface area contributed by atoms with Crippen LogP contribution in [0.15, 0.2) is 51.8 Å². The molecule has 6 heteroatoms. The minimum atomic E-state index is -3.84. The molecule has 0 aliphatic rings. The average Bonchev–Trinajstić information content (AvgIpc) is 2.41. The summed E-state index contributed by atoms with van der Waals surface area (Å²) in [4.78, 5) is 0.116. The topological polar surface area (TPSA) is 52.6 Å². The smallest absolute Gasteiger partial charge is 0.339 e. The fraction of sp³-hybridized carbons (Fsp3) is 0.143. The maximum atomic E-state index is 12.1. The van der Waals surface area contributed by atoms with Crippen LogP contribution in [0.2, 0.25) is 0 Å². The molecule has 0 radical (unpaired) electrons. The predicted octanol–water partition coefficient (Wildman–Crippen LogP) is 3.53. The third-order valence-electron chi connectivity index (χ3n) is 2.64. The van der Waals surface area contributed by atoms with Crippen molar-refractivity contribution >= 4 is 26.0 Å². The number of ether oxygens (including phenoxy) is 1. The zero-order valence-corrected chi connectivity index (χ0v) is 13.4. The largest absolute Gasteiger partial charge is 0.495 e. The monoisotopic (exact) mass is 356 g/mol. The summed E-state index contributed by atoms with van der Waals surface area (Å²) in [6.45, 7) is 1.89. The van der Waals surface area contributed by atoms with E-state index in [9.17, 15) is 8.42 Å². The zero-order chi connectivity index (χ0) is 14.8. The lowest BCUT2D eigenvalue weighted by atomic mass is 10.2. The van der Waals surface area contributed by atoms with Crippen molar-refractivity contribution in [2.45, 2.75) is 11.8 Å². The van der Waals surface area contributed by atoms with Gasteiger partial charge in [0.1, 0.15) is 16.4 Å². The standard InChI is InChI=1S/C14H13BrO4S/c1-10-3-6-12(7-4-10)20(16,17)19-11-5-8-13(15)14(9-11)18-2/h3-9H,1-2H3. The van der Waals surface area contributed by atoms with Crippen molar-refractivity contribution in [1.82, 2.24) is 0 Å². The lowest BCUT2D eigenvalue weighted by molar-refractivity contribution is 0.409. The Hall–Kier alpha value is -1.53. The molecule has 0 amide bonds. The normalized spacial score (nSPS) is 11.2. The van der Waals surface area contributed by atoms with E-state index in [1.165, 1.54) is 25.3 Å². The van der Waals surface area contributed by atoms with E-state index in [2.05, 4.69) is 15.9 Å². The Bertz CT molecular complexity index is 708. The number of hydrogen-bond donors (Lipinski definition) is 0. The minimum Gasteiger partial charge on any atom is -0.495 e. The first-order valence-corrected chi connectivity index (χ1v) is 7.97. The molecule has 2 aromatic carbocycles. The molecule has 0 aliphatic heterocycles. The van der Waals surface area contributed by atoms with Crippen LogP contribution in [0.3, 0.4) is 0 Å². The van der Waals surface area contributed by atoms with Gasteiger partial charge in [-0.1, -0.05) is 17.7 Å². The van der Waals surface area contributed by atoms with Crippen LogP contribution in [0.4, 0.5) is 0 Å². The summed E-state index contributed by atoms with van der Waals surface area (Å²) in [6.07, 6.45) is 0. The summed E-state index contributed by atoms with van der Waals surface area (Å²) in [5.41, 5.74) is 0.981. The van der Waals surface area contributed by atoms with E-state index in [4.69, 9.17) is 8.92 Å². The van der Waals surface area contributed by atoms with Crippen LogP contribution >= 0.6 is 15.9 Å². The summed E-state index contributed by atoms with van der Waals surface area (Å²) in [5.74, 6) is 0.701. The molecule has 0 unspecified atom stereocenters. The Kier molecular flexibility index (Phi) is 4.35. The molecule has 0 saturated carbocycles. The lowest BCUT2D eigenvalue weighted by Gasteiger charge is -2.09. The van der Waals surface area contributed by atoms with Crippen molar-refractivity contribution in [2.24, 2.45) is 0 Å². The molecule has 0 aromatic heterocycles. The number of aryl methyl sites for hydroxylation is 1. The Balaban J connectivity index is 2.30. The van der Waals surface area contributed by atoms with E-state index >= 15 is 0 Å². The second kappa shape index (κ2) is 5.85. The van der Waals surface area contributed by atoms with Crippen LogP contribution in [0, 0.1) is 6.92 Å². The van der Waals surface area contributed by atoms with Gasteiger partial charge in [0.05, 0.1) is 11.6 Å². The third-order valence-corrected chi connectivity index (χ3v) is 4.55. The van der Waals surface area contributed by atoms with Crippen LogP contribution in [0.5, 0.6) is 11.5 Å². The maximum Gasteiger partial charge on any atom is 0.339 e. The van der Waals surface area contributed by atoms with E-state index in [-0.39, 0.29) is 10.6 Å². The van der Waals surface area contributed by atoms with Gasteiger partial charge >= 0.3 is 10.1 Å². The molecule has 0 atom stereocenters. The Morgan fingerprint density at radius 3 is 2.30 bits per heavy atom. The van der Waals surface area contributed by atoms with Gasteiger partial charge in [-0.3, -0.25) is 0 Å². The Labute approximate surface area is 126 Å². The van der Waals surface area contributed by atoms with Gasteiger partial charge < -0.3 is 8.92 Å². The van der Waals surface area contributed by atoms with Crippen molar-refractivity contribution in [2.75, 3.05) is 7.11 Å². The summed E-state index contributed by atoms with van der Waals surface area (Å²) in [7, 11) is -2.34. The van der Waals surface area contributed by atoms with Crippen molar-refractivity contribution in [3.8, 4) is 11.5 Å². The summed E-state index contributed by atoms with van der Waals surface area (Å²) < 4.78 is 35.2. The number of halogens is 1. The van der Waals surface area contributed by atoms with E-state index in [0.29, 0.717) is 5.75 Å². The van der Waals surface area contributed by atoms with Crippen LogP contribution < -0.4 is 8.92 Å². The maximum absolute atomic E-state index is 12.1. The highest BCUT2D eigenvalue weighted by Gasteiger charge is 2.17. The molecule has 2 rings (SSSR count). The van der Waals surface area contributed by atoms with E-state index in [0.717, 1.165) is 10.0 Å². The van der Waals surface area contributed by atoms with Crippen molar-refractivity contribution in [3.63, 3.8) is 0 Å². The van der Waals surface area contributed by atoms with Gasteiger partial charge in [-0.2, -0.15) is 8.42 Å². The summed E-state index contributed by atoms with van der Waals surface area (Å²) in [5, 5.41) is 0. The molecular weight excluding hydrogens is 344 g/mol. The molecule has 0 bridgehead atoms. The van der Waals surface area contributed by atoms with Gasteiger partial charge in [-0.25, -0.2) is 0 Å². The van der Waals surface area contributed by atoms with Crippen LogP contribution in [0.1, 0.15) is 5.56 Å². The fourth-order valence-electron chi connectivity index (χ4n) is 1.57. The zero-order valence-electron chi connectivity index (χ0n) is 11.0. The highest BCUT2D eigenvalue weighted by Crippen LogP contribution is 2.30. The second-order valence-corrected chi connectivity index (χ2v) is 6.55. The first-order chi connectivity index (χ1) is 9.42. The average molecular weight is 357 g/mol. The van der Waals surface area contributed by atoms with E-state index in [1.54, 1.807) is 24.3 Å². The van der Waals surface area contributed by atoms with Gasteiger partial charge in [0.2, 0.25) is 0 Å². The summed E-state index contributed by atoms with van der Waals surface area (Å²) in [6, 6.07) is 11.2. The van der Waals surface area contributed by atoms with Crippen LogP contribution in [0.25, 0.3) is 0 Å². The van der Waals surface area contributed by atoms with Crippen LogP contribution in [-0.4, -0.2) is 15.5 Å². The van der Waals surface area contributed by atoms with Crippen LogP contribution in [-0.2, 0) is 10.1 Å². The van der Waals surface area contributed by atoms with Gasteiger partial charge in [0, 0.05) is 6.07 Å². The molecular formula is C14H13BrO4S. The molecule has 20 heavy (non-hydrogen) atoms. The van der Waals surface area contributed by atoms with Crippen molar-refractivity contribution in [3.05, 3.63) is 52.5 Å². The fourth-order valence-corrected chi connectivity index (χ4v) is 2.90. The van der Waals surface area contributed by atoms with Crippen molar-refractivity contribution < 1.29 is 17.3 Å². The molecule has 0 aliphatic carbocycles. The predicted molar refractivity (Wildman–Crippen MR) is 79.7 cm³/mol. The highest BCUT2D eigenvalue weighted by molar-refractivity contribution is 9.10. The van der Waals surface area contributed by atoms with Crippen molar-refractivity contribution in [1.29, 1.82) is 0 Å². The van der Waals surface area contributed by atoms with Gasteiger partial charge in [-0.05, 0) is 47.1 Å². The summed E-state index contributed by atoms with van der Waals surface area (Å²) >= 11 is 3.29. The van der Waals surface area contributed by atoms with Gasteiger partial charge in [-0.15, -0.1) is 0 Å². The highest BCUT2D eigenvalue weighted by atomic mass is 79.9. The quantitative estimate of drug-likeness (QED) is 0.786.